The molecule has 19 heavy (non-hydrogen) atoms. The second kappa shape index (κ2) is 6.29. The summed E-state index contributed by atoms with van der Waals surface area (Å²) in [5.41, 5.74) is 10.0. The number of nitrogens with one attached hydrogen (secondary N) is 1. The number of nitrogens with zero attached hydrogens (tertiary/aromatic N) is 1. The van der Waals surface area contributed by atoms with Gasteiger partial charge in [0.1, 0.15) is 4.99 Å². The van der Waals surface area contributed by atoms with E-state index in [2.05, 4.69) is 16.4 Å². The van der Waals surface area contributed by atoms with Crippen molar-refractivity contribution in [3.8, 4) is 0 Å². The van der Waals surface area contributed by atoms with Crippen LogP contribution in [-0.4, -0.2) is 16.5 Å². The Morgan fingerprint density at radius 1 is 1.37 bits per heavy atom. The van der Waals surface area contributed by atoms with Crippen LogP contribution in [0.2, 0.25) is 0 Å². The first-order valence-corrected chi connectivity index (χ1v) is 6.61. The summed E-state index contributed by atoms with van der Waals surface area (Å²) >= 11 is 5.08. The van der Waals surface area contributed by atoms with E-state index in [0.717, 1.165) is 29.8 Å². The van der Waals surface area contributed by atoms with Gasteiger partial charge in [0, 0.05) is 30.2 Å². The van der Waals surface area contributed by atoms with Crippen LogP contribution in [0.5, 0.6) is 0 Å². The molecule has 3 N–H and O–H groups in total. The van der Waals surface area contributed by atoms with Gasteiger partial charge in [0.15, 0.2) is 0 Å². The van der Waals surface area contributed by atoms with E-state index in [9.17, 15) is 0 Å². The molecule has 0 radical (unpaired) electrons. The molecule has 0 bridgehead atoms. The van der Waals surface area contributed by atoms with E-state index in [1.54, 1.807) is 6.20 Å². The molecule has 4 heteroatoms. The van der Waals surface area contributed by atoms with E-state index in [4.69, 9.17) is 18.0 Å². The van der Waals surface area contributed by atoms with Gasteiger partial charge in [-0.2, -0.15) is 0 Å². The molecule has 0 unspecified atom stereocenters. The summed E-state index contributed by atoms with van der Waals surface area (Å²) in [4.78, 5) is 4.52. The number of hydrogen-bond donors (Lipinski definition) is 2. The fourth-order valence-electron chi connectivity index (χ4n) is 1.90. The number of aryl methyl sites for hydroxylation is 1. The number of rotatable bonds is 5. The van der Waals surface area contributed by atoms with Gasteiger partial charge in [0.25, 0.3) is 0 Å². The van der Waals surface area contributed by atoms with Crippen molar-refractivity contribution in [1.82, 2.24) is 4.98 Å². The van der Waals surface area contributed by atoms with Gasteiger partial charge < -0.3 is 11.1 Å². The molecule has 0 aliphatic carbocycles. The molecule has 2 aromatic rings. The van der Waals surface area contributed by atoms with E-state index >= 15 is 0 Å². The standard InChI is InChI=1S/C15H17N3S/c1-11-4-5-14(13(9-11)15(16)19)18-8-6-12-3-2-7-17-10-12/h2-5,7,9-10,18H,6,8H2,1H3,(H2,16,19). The third-order valence-corrected chi connectivity index (χ3v) is 3.11. The highest BCUT2D eigenvalue weighted by Crippen LogP contribution is 2.17. The number of thiocarbonyl (C=S) groups is 1. The van der Waals surface area contributed by atoms with Gasteiger partial charge in [0.05, 0.1) is 0 Å². The normalized spacial score (nSPS) is 10.2. The molecule has 0 saturated carbocycles. The highest BCUT2D eigenvalue weighted by atomic mass is 32.1. The molecular weight excluding hydrogens is 254 g/mol. The zero-order valence-corrected chi connectivity index (χ0v) is 11.7. The van der Waals surface area contributed by atoms with Gasteiger partial charge in [-0.15, -0.1) is 0 Å². The molecule has 0 fully saturated rings. The second-order valence-electron chi connectivity index (χ2n) is 4.45. The molecule has 0 aliphatic rings. The van der Waals surface area contributed by atoms with Crippen molar-refractivity contribution in [3.05, 3.63) is 59.4 Å². The maximum atomic E-state index is 5.75. The Morgan fingerprint density at radius 2 is 2.21 bits per heavy atom. The molecule has 1 aromatic carbocycles. The van der Waals surface area contributed by atoms with Crippen LogP contribution in [0.25, 0.3) is 0 Å². The minimum Gasteiger partial charge on any atom is -0.389 e. The number of anilines is 1. The maximum Gasteiger partial charge on any atom is 0.106 e. The average Bonchev–Trinajstić information content (AvgIpc) is 2.41. The number of aromatic nitrogens is 1. The van der Waals surface area contributed by atoms with Crippen molar-refractivity contribution < 1.29 is 0 Å². The lowest BCUT2D eigenvalue weighted by Crippen LogP contribution is -2.14. The van der Waals surface area contributed by atoms with Crippen LogP contribution in [0.1, 0.15) is 16.7 Å². The molecule has 98 valence electrons. The molecule has 0 saturated heterocycles. The third-order valence-electron chi connectivity index (χ3n) is 2.89. The third kappa shape index (κ3) is 3.76. The fraction of sp³-hybridized carbons (Fsp3) is 0.200. The van der Waals surface area contributed by atoms with Gasteiger partial charge in [-0.25, -0.2) is 0 Å². The number of pyridine rings is 1. The Hall–Kier alpha value is -1.94. The van der Waals surface area contributed by atoms with Crippen molar-refractivity contribution >= 4 is 22.9 Å². The van der Waals surface area contributed by atoms with Gasteiger partial charge >= 0.3 is 0 Å². The van der Waals surface area contributed by atoms with E-state index < -0.39 is 0 Å². The topological polar surface area (TPSA) is 50.9 Å². The van der Waals surface area contributed by atoms with Crippen LogP contribution in [0.15, 0.2) is 42.7 Å². The van der Waals surface area contributed by atoms with Crippen molar-refractivity contribution in [2.24, 2.45) is 5.73 Å². The van der Waals surface area contributed by atoms with Crippen LogP contribution in [0, 0.1) is 6.92 Å². The summed E-state index contributed by atoms with van der Waals surface area (Å²) < 4.78 is 0. The van der Waals surface area contributed by atoms with Crippen LogP contribution < -0.4 is 11.1 Å². The van der Waals surface area contributed by atoms with E-state index in [0.29, 0.717) is 4.99 Å². The first-order chi connectivity index (χ1) is 9.16. The van der Waals surface area contributed by atoms with Gasteiger partial charge in [-0.3, -0.25) is 4.98 Å². The Morgan fingerprint density at radius 3 is 2.89 bits per heavy atom. The first-order valence-electron chi connectivity index (χ1n) is 6.20. The quantitative estimate of drug-likeness (QED) is 0.821. The van der Waals surface area contributed by atoms with Crippen molar-refractivity contribution in [2.45, 2.75) is 13.3 Å². The summed E-state index contributed by atoms with van der Waals surface area (Å²) in [5.74, 6) is 0. The number of nitrogens with two attached hydrogens (primary N) is 1. The van der Waals surface area contributed by atoms with Crippen molar-refractivity contribution in [3.63, 3.8) is 0 Å². The SMILES string of the molecule is Cc1ccc(NCCc2cccnc2)c(C(N)=S)c1. The average molecular weight is 271 g/mol. The largest absolute Gasteiger partial charge is 0.389 e. The summed E-state index contributed by atoms with van der Waals surface area (Å²) in [6, 6.07) is 10.1. The Kier molecular flexibility index (Phi) is 4.47. The zero-order chi connectivity index (χ0) is 13.7. The van der Waals surface area contributed by atoms with Gasteiger partial charge in [0.2, 0.25) is 0 Å². The predicted molar refractivity (Wildman–Crippen MR) is 83.5 cm³/mol. The molecule has 0 atom stereocenters. The predicted octanol–water partition coefficient (Wildman–Crippen LogP) is 2.68. The molecular formula is C15H17N3S. The maximum absolute atomic E-state index is 5.75. The van der Waals surface area contributed by atoms with Crippen molar-refractivity contribution in [1.29, 1.82) is 0 Å². The van der Waals surface area contributed by atoms with Crippen LogP contribution in [0.3, 0.4) is 0 Å². The van der Waals surface area contributed by atoms with Crippen molar-refractivity contribution in [2.75, 3.05) is 11.9 Å². The zero-order valence-electron chi connectivity index (χ0n) is 10.9. The summed E-state index contributed by atoms with van der Waals surface area (Å²) in [6.07, 6.45) is 4.58. The second-order valence-corrected chi connectivity index (χ2v) is 4.89. The Labute approximate surface area is 118 Å². The minimum absolute atomic E-state index is 0.424. The lowest BCUT2D eigenvalue weighted by atomic mass is 10.1. The van der Waals surface area contributed by atoms with Crippen LogP contribution in [-0.2, 0) is 6.42 Å². The molecule has 0 amide bonds. The monoisotopic (exact) mass is 271 g/mol. The Bertz CT molecular complexity index is 567. The van der Waals surface area contributed by atoms with Gasteiger partial charge in [-0.05, 0) is 37.1 Å². The smallest absolute Gasteiger partial charge is 0.106 e. The molecule has 0 aliphatic heterocycles. The van der Waals surface area contributed by atoms with E-state index in [1.165, 1.54) is 5.56 Å². The molecule has 0 spiro atoms. The lowest BCUT2D eigenvalue weighted by molar-refractivity contribution is 1.00. The summed E-state index contributed by atoms with van der Waals surface area (Å²) in [7, 11) is 0. The lowest BCUT2D eigenvalue weighted by Gasteiger charge is -2.12. The minimum atomic E-state index is 0.424. The highest BCUT2D eigenvalue weighted by Gasteiger charge is 2.05. The molecule has 1 aromatic heterocycles. The molecule has 2 rings (SSSR count). The number of hydrogen-bond acceptors (Lipinski definition) is 3. The van der Waals surface area contributed by atoms with E-state index in [1.807, 2.05) is 37.4 Å². The molecule has 1 heterocycles. The van der Waals surface area contributed by atoms with Crippen LogP contribution >= 0.6 is 12.2 Å². The summed E-state index contributed by atoms with van der Waals surface area (Å²) in [5, 5.41) is 3.38. The molecule has 3 nitrogen and oxygen atoms in total. The number of benzene rings is 1. The fourth-order valence-corrected chi connectivity index (χ4v) is 2.07. The summed E-state index contributed by atoms with van der Waals surface area (Å²) in [6.45, 7) is 2.85. The first kappa shape index (κ1) is 13.5. The van der Waals surface area contributed by atoms with Gasteiger partial charge in [-0.1, -0.05) is 29.9 Å². The Balaban J connectivity index is 2.02. The van der Waals surface area contributed by atoms with E-state index in [-0.39, 0.29) is 0 Å². The van der Waals surface area contributed by atoms with Crippen LogP contribution in [0.4, 0.5) is 5.69 Å². The highest BCUT2D eigenvalue weighted by molar-refractivity contribution is 7.80.